The van der Waals surface area contributed by atoms with Gasteiger partial charge >= 0.3 is 0 Å². The number of halogens is 2. The highest BCUT2D eigenvalue weighted by atomic mass is 127. The zero-order valence-electron chi connectivity index (χ0n) is 25.9. The minimum atomic E-state index is -2.26. The van der Waals surface area contributed by atoms with Crippen molar-refractivity contribution in [2.45, 2.75) is 63.2 Å². The first-order valence-corrected chi connectivity index (χ1v) is 20.2. The Balaban J connectivity index is 1.41. The molecular formula is C34H38BrIN4O4Si. The van der Waals surface area contributed by atoms with Crippen LogP contribution < -0.4 is 14.8 Å². The van der Waals surface area contributed by atoms with Crippen molar-refractivity contribution in [3.05, 3.63) is 97.8 Å². The molecule has 1 spiro atoms. The molecule has 2 aliphatic heterocycles. The minimum Gasteiger partial charge on any atom is -0.497 e. The molecule has 4 atom stereocenters. The van der Waals surface area contributed by atoms with Crippen LogP contribution in [-0.4, -0.2) is 53.9 Å². The Morgan fingerprint density at radius 1 is 1.11 bits per heavy atom. The number of fused-ring (bicyclic) bond motifs is 2. The number of rotatable bonds is 10. The molecule has 4 aromatic rings. The Labute approximate surface area is 287 Å². The van der Waals surface area contributed by atoms with Crippen LogP contribution in [0.5, 0.6) is 5.75 Å². The van der Waals surface area contributed by atoms with Gasteiger partial charge in [0, 0.05) is 45.3 Å². The van der Waals surface area contributed by atoms with Gasteiger partial charge < -0.3 is 19.5 Å². The number of hydrogen-bond donors (Lipinski definition) is 1. The average Bonchev–Trinajstić information content (AvgIpc) is 3.67. The van der Waals surface area contributed by atoms with Gasteiger partial charge in [0.25, 0.3) is 5.91 Å². The number of aryl methyl sites for hydroxylation is 1. The van der Waals surface area contributed by atoms with Crippen molar-refractivity contribution in [1.29, 1.82) is 0 Å². The van der Waals surface area contributed by atoms with Crippen LogP contribution in [0.25, 0.3) is 0 Å². The lowest BCUT2D eigenvalue weighted by Gasteiger charge is -2.37. The predicted molar refractivity (Wildman–Crippen MR) is 189 cm³/mol. The molecular weight excluding hydrogens is 763 g/mol. The van der Waals surface area contributed by atoms with E-state index in [2.05, 4.69) is 111 Å². The number of aromatic nitrogens is 3. The zero-order valence-corrected chi connectivity index (χ0v) is 30.7. The molecule has 0 aliphatic carbocycles. The highest BCUT2D eigenvalue weighted by Gasteiger charge is 2.66. The second-order valence-electron chi connectivity index (χ2n) is 12.6. The number of methoxy groups -OCH3 is 1. The third-order valence-electron chi connectivity index (χ3n) is 9.65. The van der Waals surface area contributed by atoms with Gasteiger partial charge in [0.05, 0.1) is 39.2 Å². The molecule has 1 aromatic heterocycles. The number of nitrogens with zero attached hydrogens (tertiary/aromatic N) is 4. The first kappa shape index (κ1) is 32.4. The van der Waals surface area contributed by atoms with Crippen LogP contribution in [0.1, 0.15) is 30.2 Å². The molecule has 1 N–H and O–H groups in total. The Morgan fingerprint density at radius 3 is 2.53 bits per heavy atom. The summed E-state index contributed by atoms with van der Waals surface area (Å²) in [5, 5.41) is 19.2. The summed E-state index contributed by atoms with van der Waals surface area (Å²) >= 11 is 6.01. The van der Waals surface area contributed by atoms with Crippen molar-refractivity contribution in [3.8, 4) is 5.75 Å². The number of ether oxygens (including phenoxy) is 2. The maximum atomic E-state index is 14.9. The van der Waals surface area contributed by atoms with Gasteiger partial charge in [-0.1, -0.05) is 70.6 Å². The molecule has 3 heterocycles. The van der Waals surface area contributed by atoms with Crippen molar-refractivity contribution >= 4 is 63.4 Å². The molecule has 1 saturated heterocycles. The van der Waals surface area contributed by atoms with Crippen LogP contribution >= 0.6 is 38.5 Å². The van der Waals surface area contributed by atoms with Crippen LogP contribution in [0.15, 0.2) is 77.4 Å². The first-order valence-electron chi connectivity index (χ1n) is 15.3. The maximum Gasteiger partial charge on any atom is 0.264 e. The third-order valence-corrected chi connectivity index (χ3v) is 15.2. The predicted octanol–water partition coefficient (Wildman–Crippen LogP) is 6.04. The summed E-state index contributed by atoms with van der Waals surface area (Å²) < 4.78 is 16.6. The standard InChI is InChI=1S/C34H38BrIN4O4Si/c1-22-32(45(3,4)28-12-10-27(43-2)11-13-28)31(15-17-39-21-26(16-18-41)37-38-39)44-34(22)29-19-24(35)7-14-30(29)40(33(34)42)20-23-5-8-25(36)9-6-23/h5-14,19,21-22,31-32,41H,15-18,20H2,1-4H3/t22-,31+,32-,34+/m0/s1. The van der Waals surface area contributed by atoms with Crippen molar-refractivity contribution in [3.63, 3.8) is 0 Å². The van der Waals surface area contributed by atoms with Gasteiger partial charge in [0.1, 0.15) is 5.75 Å². The molecule has 236 valence electrons. The molecule has 8 nitrogen and oxygen atoms in total. The maximum absolute atomic E-state index is 14.9. The first-order chi connectivity index (χ1) is 21.6. The second-order valence-corrected chi connectivity index (χ2v) is 19.4. The largest absolute Gasteiger partial charge is 0.497 e. The molecule has 6 rings (SSSR count). The molecule has 11 heteroatoms. The van der Waals surface area contributed by atoms with Crippen molar-refractivity contribution in [2.75, 3.05) is 18.6 Å². The van der Waals surface area contributed by atoms with Gasteiger partial charge in [0.2, 0.25) is 0 Å². The normalized spacial score (nSPS) is 22.8. The number of carbonyl (C=O) groups excluding carboxylic acids is 1. The fourth-order valence-electron chi connectivity index (χ4n) is 7.42. The molecule has 0 unspecified atom stereocenters. The molecule has 1 fully saturated rings. The van der Waals surface area contributed by atoms with E-state index in [1.807, 2.05) is 40.0 Å². The van der Waals surface area contributed by atoms with Gasteiger partial charge in [-0.15, -0.1) is 5.10 Å². The van der Waals surface area contributed by atoms with Crippen LogP contribution in [0.3, 0.4) is 0 Å². The summed E-state index contributed by atoms with van der Waals surface area (Å²) in [5.74, 6) is 0.738. The molecule has 2 aliphatic rings. The summed E-state index contributed by atoms with van der Waals surface area (Å²) in [6, 6.07) is 22.9. The van der Waals surface area contributed by atoms with Gasteiger partial charge in [-0.05, 0) is 82.6 Å². The third kappa shape index (κ3) is 5.90. The molecule has 1 amide bonds. The topological polar surface area (TPSA) is 89.7 Å². The monoisotopic (exact) mass is 800 g/mol. The van der Waals surface area contributed by atoms with E-state index in [-0.39, 0.29) is 30.1 Å². The number of hydrogen-bond acceptors (Lipinski definition) is 6. The Bertz CT molecular complexity index is 1680. The van der Waals surface area contributed by atoms with E-state index in [0.717, 1.165) is 36.3 Å². The molecule has 0 radical (unpaired) electrons. The fraction of sp³-hybridized carbons (Fsp3) is 0.382. The van der Waals surface area contributed by atoms with Gasteiger partial charge in [-0.25, -0.2) is 0 Å². The van der Waals surface area contributed by atoms with Crippen LogP contribution in [0.2, 0.25) is 18.6 Å². The van der Waals surface area contributed by atoms with Gasteiger partial charge in [0.15, 0.2) is 5.60 Å². The molecule has 3 aromatic carbocycles. The lowest BCUT2D eigenvalue weighted by Crippen LogP contribution is -2.51. The second kappa shape index (κ2) is 12.9. The van der Waals surface area contributed by atoms with Gasteiger partial charge in [-0.3, -0.25) is 9.48 Å². The Hall–Kier alpha value is -2.58. The summed E-state index contributed by atoms with van der Waals surface area (Å²) in [4.78, 5) is 16.8. The van der Waals surface area contributed by atoms with E-state index in [0.29, 0.717) is 25.9 Å². The Kier molecular flexibility index (Phi) is 9.28. The summed E-state index contributed by atoms with van der Waals surface area (Å²) in [5.41, 5.74) is 2.68. The summed E-state index contributed by atoms with van der Waals surface area (Å²) in [6.45, 7) is 8.11. The summed E-state index contributed by atoms with van der Waals surface area (Å²) in [7, 11) is -0.572. The van der Waals surface area contributed by atoms with Crippen LogP contribution in [-0.2, 0) is 34.6 Å². The average molecular weight is 802 g/mol. The van der Waals surface area contributed by atoms with E-state index in [1.54, 1.807) is 7.11 Å². The summed E-state index contributed by atoms with van der Waals surface area (Å²) in [6.07, 6.45) is 2.85. The smallest absolute Gasteiger partial charge is 0.264 e. The highest BCUT2D eigenvalue weighted by molar-refractivity contribution is 14.1. The molecule has 45 heavy (non-hydrogen) atoms. The van der Waals surface area contributed by atoms with Crippen molar-refractivity contribution < 1.29 is 19.4 Å². The lowest BCUT2D eigenvalue weighted by molar-refractivity contribution is -0.146. The number of aliphatic hydroxyl groups is 1. The van der Waals surface area contributed by atoms with Crippen LogP contribution in [0, 0.1) is 9.49 Å². The van der Waals surface area contributed by atoms with E-state index in [1.165, 1.54) is 5.19 Å². The minimum absolute atomic E-state index is 0.000307. The van der Waals surface area contributed by atoms with Crippen molar-refractivity contribution in [1.82, 2.24) is 15.0 Å². The number of carbonyl (C=O) groups is 1. The van der Waals surface area contributed by atoms with E-state index in [4.69, 9.17) is 9.47 Å². The van der Waals surface area contributed by atoms with E-state index >= 15 is 0 Å². The molecule has 0 saturated carbocycles. The van der Waals surface area contributed by atoms with Crippen LogP contribution in [0.4, 0.5) is 5.69 Å². The Morgan fingerprint density at radius 2 is 1.84 bits per heavy atom. The van der Waals surface area contributed by atoms with E-state index < -0.39 is 13.7 Å². The molecule has 0 bridgehead atoms. The zero-order chi connectivity index (χ0) is 31.9. The quantitative estimate of drug-likeness (QED) is 0.156. The van der Waals surface area contributed by atoms with Gasteiger partial charge in [-0.2, -0.15) is 0 Å². The number of amides is 1. The number of anilines is 1. The number of benzene rings is 3. The SMILES string of the molecule is COc1ccc([Si](C)(C)[C@@H]2[C@@H](CCn3cc(CCO)nn3)O[C@]3(C(=O)N(Cc4ccc(I)cc4)c4ccc(Br)cc43)[C@H]2C)cc1. The van der Waals surface area contributed by atoms with Crippen molar-refractivity contribution in [2.24, 2.45) is 5.92 Å². The fourth-order valence-corrected chi connectivity index (χ4v) is 12.2. The number of aliphatic hydroxyl groups excluding tert-OH is 1. The lowest BCUT2D eigenvalue weighted by atomic mass is 9.82. The van der Waals surface area contributed by atoms with E-state index in [9.17, 15) is 9.90 Å². The highest BCUT2D eigenvalue weighted by Crippen LogP contribution is 2.60.